The van der Waals surface area contributed by atoms with E-state index in [-0.39, 0.29) is 10.8 Å². The van der Waals surface area contributed by atoms with Gasteiger partial charge in [-0.25, -0.2) is 0 Å². The molecule has 0 fully saturated rings. The van der Waals surface area contributed by atoms with Gasteiger partial charge in [-0.05, 0) is 39.4 Å². The van der Waals surface area contributed by atoms with Crippen molar-refractivity contribution in [2.45, 2.75) is 33.6 Å². The summed E-state index contributed by atoms with van der Waals surface area (Å²) in [7, 11) is 0. The molecule has 0 spiro atoms. The fraction of sp³-hybridized carbons (Fsp3) is 0.692. The van der Waals surface area contributed by atoms with Crippen molar-refractivity contribution in [3.8, 4) is 0 Å². The predicted octanol–water partition coefficient (Wildman–Crippen LogP) is 1.60. The SMILES string of the molecule is CCN(CC)CCCCNC(=O)c1sc(=O)[nH]c1C. The molecular weight excluding hydrogens is 262 g/mol. The Labute approximate surface area is 118 Å². The number of carbonyl (C=O) groups is 1. The molecule has 1 amide bonds. The molecule has 1 rings (SSSR count). The van der Waals surface area contributed by atoms with E-state index in [4.69, 9.17) is 0 Å². The lowest BCUT2D eigenvalue weighted by Crippen LogP contribution is -2.27. The molecule has 19 heavy (non-hydrogen) atoms. The van der Waals surface area contributed by atoms with Crippen molar-refractivity contribution in [2.75, 3.05) is 26.2 Å². The van der Waals surface area contributed by atoms with Crippen molar-refractivity contribution in [2.24, 2.45) is 0 Å². The summed E-state index contributed by atoms with van der Waals surface area (Å²) in [6.45, 7) is 9.92. The number of hydrogen-bond donors (Lipinski definition) is 2. The minimum atomic E-state index is -0.177. The fourth-order valence-electron chi connectivity index (χ4n) is 1.90. The summed E-state index contributed by atoms with van der Waals surface area (Å²) in [6.07, 6.45) is 2.03. The van der Waals surface area contributed by atoms with Crippen LogP contribution in [-0.2, 0) is 0 Å². The zero-order chi connectivity index (χ0) is 14.3. The van der Waals surface area contributed by atoms with Crippen LogP contribution < -0.4 is 10.2 Å². The van der Waals surface area contributed by atoms with Crippen LogP contribution >= 0.6 is 11.3 Å². The number of unbranched alkanes of at least 4 members (excludes halogenated alkanes) is 1. The maximum atomic E-state index is 11.8. The third kappa shape index (κ3) is 5.16. The second-order valence-corrected chi connectivity index (χ2v) is 5.44. The number of nitrogens with zero attached hydrogens (tertiary/aromatic N) is 1. The van der Waals surface area contributed by atoms with Gasteiger partial charge in [0.2, 0.25) is 0 Å². The van der Waals surface area contributed by atoms with Crippen molar-refractivity contribution >= 4 is 17.2 Å². The summed E-state index contributed by atoms with van der Waals surface area (Å²) < 4.78 is 0. The normalized spacial score (nSPS) is 10.9. The van der Waals surface area contributed by atoms with E-state index in [0.717, 1.165) is 43.8 Å². The Bertz CT molecular complexity index is 449. The van der Waals surface area contributed by atoms with E-state index >= 15 is 0 Å². The number of nitrogens with one attached hydrogen (secondary N) is 2. The van der Waals surface area contributed by atoms with E-state index in [1.54, 1.807) is 6.92 Å². The average molecular weight is 285 g/mol. The van der Waals surface area contributed by atoms with Crippen LogP contribution in [0.15, 0.2) is 4.79 Å². The van der Waals surface area contributed by atoms with Gasteiger partial charge in [-0.15, -0.1) is 0 Å². The minimum Gasteiger partial charge on any atom is -0.351 e. The molecule has 1 heterocycles. The molecule has 0 atom stereocenters. The highest BCUT2D eigenvalue weighted by Gasteiger charge is 2.12. The average Bonchev–Trinajstić information content (AvgIpc) is 2.73. The van der Waals surface area contributed by atoms with Gasteiger partial charge in [0.05, 0.1) is 0 Å². The first kappa shape index (κ1) is 15.9. The third-order valence-electron chi connectivity index (χ3n) is 3.11. The van der Waals surface area contributed by atoms with E-state index in [2.05, 4.69) is 29.0 Å². The first-order valence-electron chi connectivity index (χ1n) is 6.78. The van der Waals surface area contributed by atoms with E-state index in [1.807, 2.05) is 0 Å². The number of H-pyrrole nitrogens is 1. The van der Waals surface area contributed by atoms with Crippen LogP contribution in [0.2, 0.25) is 0 Å². The number of aryl methyl sites for hydroxylation is 1. The Balaban J connectivity index is 2.25. The summed E-state index contributed by atoms with van der Waals surface area (Å²) in [5.74, 6) is -0.149. The fourth-order valence-corrected chi connectivity index (χ4v) is 2.66. The summed E-state index contributed by atoms with van der Waals surface area (Å²) in [5.41, 5.74) is 0.649. The van der Waals surface area contributed by atoms with Gasteiger partial charge in [0.15, 0.2) is 0 Å². The number of amides is 1. The second-order valence-electron chi connectivity index (χ2n) is 4.46. The summed E-state index contributed by atoms with van der Waals surface area (Å²) >= 11 is 0.967. The molecule has 1 aromatic heterocycles. The van der Waals surface area contributed by atoms with Crippen molar-refractivity contribution in [3.63, 3.8) is 0 Å². The number of hydrogen-bond acceptors (Lipinski definition) is 4. The Morgan fingerprint density at radius 3 is 2.53 bits per heavy atom. The lowest BCUT2D eigenvalue weighted by Gasteiger charge is -2.17. The van der Waals surface area contributed by atoms with Gasteiger partial charge in [0.25, 0.3) is 5.91 Å². The lowest BCUT2D eigenvalue weighted by atomic mass is 10.3. The van der Waals surface area contributed by atoms with Crippen LogP contribution in [0.5, 0.6) is 0 Å². The molecule has 0 bridgehead atoms. The first-order chi connectivity index (χ1) is 9.08. The van der Waals surface area contributed by atoms with Gasteiger partial charge in [-0.3, -0.25) is 9.59 Å². The second kappa shape index (κ2) is 8.12. The zero-order valence-corrected chi connectivity index (χ0v) is 12.7. The Hall–Kier alpha value is -1.14. The Kier molecular flexibility index (Phi) is 6.80. The van der Waals surface area contributed by atoms with Crippen molar-refractivity contribution in [1.82, 2.24) is 15.2 Å². The molecule has 0 unspecified atom stereocenters. The topological polar surface area (TPSA) is 65.2 Å². The smallest absolute Gasteiger partial charge is 0.305 e. The molecule has 5 nitrogen and oxygen atoms in total. The summed E-state index contributed by atoms with van der Waals surface area (Å²) in [4.78, 5) is 28.2. The highest BCUT2D eigenvalue weighted by molar-refractivity contribution is 7.11. The molecule has 0 aliphatic carbocycles. The number of rotatable bonds is 8. The van der Waals surface area contributed by atoms with E-state index in [1.165, 1.54) is 0 Å². The van der Waals surface area contributed by atoms with Gasteiger partial charge in [-0.2, -0.15) is 0 Å². The van der Waals surface area contributed by atoms with Crippen LogP contribution in [0.1, 0.15) is 42.1 Å². The first-order valence-corrected chi connectivity index (χ1v) is 7.60. The molecule has 0 aliphatic heterocycles. The van der Waals surface area contributed by atoms with Crippen LogP contribution in [0, 0.1) is 6.92 Å². The van der Waals surface area contributed by atoms with E-state index in [9.17, 15) is 9.59 Å². The highest BCUT2D eigenvalue weighted by Crippen LogP contribution is 2.07. The zero-order valence-electron chi connectivity index (χ0n) is 11.9. The molecule has 6 heteroatoms. The number of aromatic amines is 1. The van der Waals surface area contributed by atoms with Gasteiger partial charge in [0, 0.05) is 12.2 Å². The molecule has 108 valence electrons. The minimum absolute atomic E-state index is 0.149. The van der Waals surface area contributed by atoms with Crippen molar-refractivity contribution < 1.29 is 4.79 Å². The Morgan fingerprint density at radius 2 is 2.00 bits per heavy atom. The quantitative estimate of drug-likeness (QED) is 0.713. The highest BCUT2D eigenvalue weighted by atomic mass is 32.1. The molecule has 2 N–H and O–H groups in total. The van der Waals surface area contributed by atoms with E-state index in [0.29, 0.717) is 17.1 Å². The lowest BCUT2D eigenvalue weighted by molar-refractivity contribution is 0.0956. The van der Waals surface area contributed by atoms with Gasteiger partial charge >= 0.3 is 4.87 Å². The van der Waals surface area contributed by atoms with Crippen LogP contribution in [-0.4, -0.2) is 42.0 Å². The van der Waals surface area contributed by atoms with Gasteiger partial charge in [-0.1, -0.05) is 25.2 Å². The van der Waals surface area contributed by atoms with Crippen LogP contribution in [0.3, 0.4) is 0 Å². The van der Waals surface area contributed by atoms with Crippen LogP contribution in [0.4, 0.5) is 0 Å². The Morgan fingerprint density at radius 1 is 1.32 bits per heavy atom. The standard InChI is InChI=1S/C13H23N3O2S/c1-4-16(5-2)9-7-6-8-14-12(17)11-10(3)15-13(18)19-11/h4-9H2,1-3H3,(H,14,17)(H,15,18). The van der Waals surface area contributed by atoms with Gasteiger partial charge < -0.3 is 15.2 Å². The molecule has 0 aliphatic rings. The number of aromatic nitrogens is 1. The largest absolute Gasteiger partial charge is 0.351 e. The number of thiazole rings is 1. The van der Waals surface area contributed by atoms with Gasteiger partial charge in [0.1, 0.15) is 4.88 Å². The summed E-state index contributed by atoms with van der Waals surface area (Å²) in [5, 5.41) is 2.86. The monoisotopic (exact) mass is 285 g/mol. The predicted molar refractivity (Wildman–Crippen MR) is 79.0 cm³/mol. The van der Waals surface area contributed by atoms with Crippen molar-refractivity contribution in [3.05, 3.63) is 20.2 Å². The maximum absolute atomic E-state index is 11.8. The van der Waals surface area contributed by atoms with Crippen LogP contribution in [0.25, 0.3) is 0 Å². The molecular formula is C13H23N3O2S. The summed E-state index contributed by atoms with van der Waals surface area (Å²) in [6, 6.07) is 0. The van der Waals surface area contributed by atoms with E-state index < -0.39 is 0 Å². The number of carbonyl (C=O) groups excluding carboxylic acids is 1. The third-order valence-corrected chi connectivity index (χ3v) is 4.10. The molecule has 0 aromatic carbocycles. The molecule has 0 saturated heterocycles. The molecule has 1 aromatic rings. The molecule has 0 radical (unpaired) electrons. The van der Waals surface area contributed by atoms with Crippen molar-refractivity contribution in [1.29, 1.82) is 0 Å². The maximum Gasteiger partial charge on any atom is 0.305 e. The molecule has 0 saturated carbocycles.